The monoisotopic (exact) mass is 916 g/mol. The highest BCUT2D eigenvalue weighted by atomic mass is 16.2. The van der Waals surface area contributed by atoms with Crippen molar-refractivity contribution in [2.24, 2.45) is 0 Å². The minimum absolute atomic E-state index is 0.380. The van der Waals surface area contributed by atoms with Gasteiger partial charge in [0.2, 0.25) is 5.91 Å². The molecule has 1 heterocycles. The van der Waals surface area contributed by atoms with E-state index in [-0.39, 0.29) is 0 Å². The number of hydrogen-bond acceptors (Lipinski definition) is 5. The summed E-state index contributed by atoms with van der Waals surface area (Å²) in [5.74, 6) is 0.380. The predicted octanol–water partition coefficient (Wildman–Crippen LogP) is 16.3. The highest BCUT2D eigenvalue weighted by molar-refractivity contribution is 5.78. The summed E-state index contributed by atoms with van der Waals surface area (Å²) >= 11 is 0. The largest absolute Gasteiger partial charge is 0.339 e. The van der Waals surface area contributed by atoms with Crippen molar-refractivity contribution in [2.75, 3.05) is 92.1 Å². The molecule has 0 atom stereocenters. The van der Waals surface area contributed by atoms with Crippen molar-refractivity contribution < 1.29 is 4.79 Å². The third-order valence-corrected chi connectivity index (χ3v) is 15.0. The van der Waals surface area contributed by atoms with Gasteiger partial charge < -0.3 is 14.7 Å². The molecule has 65 heavy (non-hydrogen) atoms. The van der Waals surface area contributed by atoms with Gasteiger partial charge in [0.15, 0.2) is 0 Å². The number of carbonyl (C=O) groups excluding carboxylic acids is 1. The first-order chi connectivity index (χ1) is 32.0. The van der Waals surface area contributed by atoms with E-state index in [2.05, 4.69) is 59.2 Å². The Bertz CT molecular complexity index is 892. The van der Waals surface area contributed by atoms with Gasteiger partial charge in [0.05, 0.1) is 6.54 Å². The van der Waals surface area contributed by atoms with E-state index in [1.54, 1.807) is 0 Å². The number of nitrogens with zero attached hydrogens (tertiary/aromatic N) is 5. The van der Waals surface area contributed by atoms with Crippen LogP contribution in [0.1, 0.15) is 285 Å². The van der Waals surface area contributed by atoms with E-state index >= 15 is 0 Å². The molecule has 0 saturated carbocycles. The lowest BCUT2D eigenvalue weighted by Crippen LogP contribution is -2.52. The summed E-state index contributed by atoms with van der Waals surface area (Å²) < 4.78 is 0. The van der Waals surface area contributed by atoms with Gasteiger partial charge in [0, 0.05) is 52.4 Å². The van der Waals surface area contributed by atoms with E-state index in [1.165, 1.54) is 283 Å². The van der Waals surface area contributed by atoms with E-state index in [1.807, 2.05) is 0 Å². The zero-order valence-corrected chi connectivity index (χ0v) is 45.6. The standard InChI is InChI=1S/C59H121N5O/c1-6-10-14-18-22-26-30-34-38-42-46-61(47-43-39-35-31-27-23-19-15-11-7-2)52-50-60(5)51-53-62-54-56-64(57-55-62)59(65)58-63(48-44-40-36-32-28-24-20-16-12-8-3)49-45-41-37-33-29-25-21-17-13-9-4/h6-58H2,1-5H3. The normalized spacial score (nSPS) is 13.7. The van der Waals surface area contributed by atoms with Crippen LogP contribution >= 0.6 is 0 Å². The van der Waals surface area contributed by atoms with Crippen molar-refractivity contribution in [1.29, 1.82) is 0 Å². The SMILES string of the molecule is CCCCCCCCCCCCN(CCCCCCCCCCCC)CCN(C)CCN1CCN(C(=O)CN(CCCCCCCCCCCC)CCCCCCCCCCCC)CC1. The zero-order chi connectivity index (χ0) is 46.9. The third-order valence-electron chi connectivity index (χ3n) is 15.0. The first kappa shape index (κ1) is 62.3. The molecule has 0 spiro atoms. The van der Waals surface area contributed by atoms with Crippen molar-refractivity contribution in [3.05, 3.63) is 0 Å². The number of carbonyl (C=O) groups is 1. The lowest BCUT2D eigenvalue weighted by atomic mass is 10.1. The number of hydrogen-bond donors (Lipinski definition) is 0. The van der Waals surface area contributed by atoms with Gasteiger partial charge in [-0.05, 0) is 58.9 Å². The molecule has 6 nitrogen and oxygen atoms in total. The minimum atomic E-state index is 0.380. The Labute approximate surface area is 410 Å². The van der Waals surface area contributed by atoms with Crippen LogP contribution in [0.5, 0.6) is 0 Å². The van der Waals surface area contributed by atoms with Crippen molar-refractivity contribution in [2.45, 2.75) is 285 Å². The van der Waals surface area contributed by atoms with Crippen LogP contribution in [0.3, 0.4) is 0 Å². The lowest BCUT2D eigenvalue weighted by molar-refractivity contribution is -0.134. The van der Waals surface area contributed by atoms with Gasteiger partial charge in [-0.3, -0.25) is 14.6 Å². The first-order valence-corrected chi connectivity index (χ1v) is 30.2. The second kappa shape index (κ2) is 49.7. The molecule has 0 bridgehead atoms. The van der Waals surface area contributed by atoms with Gasteiger partial charge in [-0.25, -0.2) is 0 Å². The van der Waals surface area contributed by atoms with Crippen LogP contribution < -0.4 is 0 Å². The fraction of sp³-hybridized carbons (Fsp3) is 0.983. The molecule has 0 aromatic rings. The Kier molecular flexibility index (Phi) is 47.7. The summed E-state index contributed by atoms with van der Waals surface area (Å²) in [5, 5.41) is 0. The Hall–Kier alpha value is -0.690. The topological polar surface area (TPSA) is 33.3 Å². The molecule has 1 aliphatic rings. The zero-order valence-electron chi connectivity index (χ0n) is 45.6. The molecule has 1 saturated heterocycles. The Morgan fingerprint density at radius 1 is 0.323 bits per heavy atom. The first-order valence-electron chi connectivity index (χ1n) is 30.2. The number of likely N-dealkylation sites (N-methyl/N-ethyl adjacent to an activating group) is 1. The van der Waals surface area contributed by atoms with Crippen LogP contribution in [0, 0.1) is 0 Å². The maximum Gasteiger partial charge on any atom is 0.236 e. The Morgan fingerprint density at radius 3 is 0.908 bits per heavy atom. The molecule has 1 fully saturated rings. The van der Waals surface area contributed by atoms with Gasteiger partial charge in [0.25, 0.3) is 0 Å². The van der Waals surface area contributed by atoms with Crippen LogP contribution in [-0.2, 0) is 4.79 Å². The van der Waals surface area contributed by atoms with Crippen LogP contribution in [-0.4, -0.2) is 123 Å². The molecule has 1 amide bonds. The van der Waals surface area contributed by atoms with E-state index in [9.17, 15) is 4.79 Å². The summed E-state index contributed by atoms with van der Waals surface area (Å²) in [7, 11) is 2.34. The van der Waals surface area contributed by atoms with Crippen LogP contribution in [0.25, 0.3) is 0 Å². The lowest BCUT2D eigenvalue weighted by Gasteiger charge is -2.36. The molecule has 0 radical (unpaired) electrons. The summed E-state index contributed by atoms with van der Waals surface area (Å²) in [6.07, 6.45) is 55.8. The summed E-state index contributed by atoms with van der Waals surface area (Å²) in [4.78, 5) is 26.5. The van der Waals surface area contributed by atoms with Crippen LogP contribution in [0.4, 0.5) is 0 Å². The van der Waals surface area contributed by atoms with Crippen molar-refractivity contribution in [3.8, 4) is 0 Å². The van der Waals surface area contributed by atoms with Gasteiger partial charge in [-0.2, -0.15) is 0 Å². The third kappa shape index (κ3) is 42.0. The fourth-order valence-electron chi connectivity index (χ4n) is 10.1. The predicted molar refractivity (Wildman–Crippen MR) is 291 cm³/mol. The maximum absolute atomic E-state index is 13.7. The van der Waals surface area contributed by atoms with Gasteiger partial charge >= 0.3 is 0 Å². The molecule has 1 rings (SSSR count). The molecular formula is C59H121N5O. The molecule has 0 aromatic heterocycles. The minimum Gasteiger partial charge on any atom is -0.339 e. The van der Waals surface area contributed by atoms with E-state index in [0.717, 1.165) is 52.4 Å². The average Bonchev–Trinajstić information content (AvgIpc) is 3.32. The second-order valence-corrected chi connectivity index (χ2v) is 21.4. The molecule has 0 aliphatic carbocycles. The van der Waals surface area contributed by atoms with Gasteiger partial charge in [-0.1, -0.05) is 259 Å². The number of amides is 1. The second-order valence-electron chi connectivity index (χ2n) is 21.4. The Balaban J connectivity index is 2.45. The van der Waals surface area contributed by atoms with Gasteiger partial charge in [0.1, 0.15) is 0 Å². The van der Waals surface area contributed by atoms with Gasteiger partial charge in [-0.15, -0.1) is 0 Å². The molecule has 0 aromatic carbocycles. The highest BCUT2D eigenvalue weighted by Crippen LogP contribution is 2.16. The highest BCUT2D eigenvalue weighted by Gasteiger charge is 2.23. The molecule has 0 unspecified atom stereocenters. The molecule has 6 heteroatoms. The quantitative estimate of drug-likeness (QED) is 0.0568. The molecule has 1 aliphatic heterocycles. The summed E-state index contributed by atoms with van der Waals surface area (Å²) in [6.45, 7) is 23.1. The molecule has 0 N–H and O–H groups in total. The smallest absolute Gasteiger partial charge is 0.236 e. The van der Waals surface area contributed by atoms with Crippen molar-refractivity contribution in [3.63, 3.8) is 0 Å². The average molecular weight is 917 g/mol. The van der Waals surface area contributed by atoms with Crippen molar-refractivity contribution in [1.82, 2.24) is 24.5 Å². The van der Waals surface area contributed by atoms with E-state index < -0.39 is 0 Å². The summed E-state index contributed by atoms with van der Waals surface area (Å²) in [5.41, 5.74) is 0. The number of rotatable bonds is 52. The van der Waals surface area contributed by atoms with Crippen molar-refractivity contribution >= 4 is 5.91 Å². The van der Waals surface area contributed by atoms with E-state index in [0.29, 0.717) is 12.5 Å². The van der Waals surface area contributed by atoms with E-state index in [4.69, 9.17) is 0 Å². The number of unbranched alkanes of at least 4 members (excludes halogenated alkanes) is 36. The Morgan fingerprint density at radius 2 is 0.600 bits per heavy atom. The molecule has 388 valence electrons. The van der Waals surface area contributed by atoms with Crippen LogP contribution in [0.2, 0.25) is 0 Å². The summed E-state index contributed by atoms with van der Waals surface area (Å²) in [6, 6.07) is 0. The fourth-order valence-corrected chi connectivity index (χ4v) is 10.1. The maximum atomic E-state index is 13.7. The molecular weight excluding hydrogens is 795 g/mol. The number of piperazine rings is 1. The van der Waals surface area contributed by atoms with Crippen LogP contribution in [0.15, 0.2) is 0 Å².